The summed E-state index contributed by atoms with van der Waals surface area (Å²) in [5.74, 6) is -0.150. The fraction of sp³-hybridized carbons (Fsp3) is 0.455. The van der Waals surface area contributed by atoms with Crippen molar-refractivity contribution in [3.8, 4) is 11.3 Å². The van der Waals surface area contributed by atoms with Crippen LogP contribution < -0.4 is 5.43 Å². The van der Waals surface area contributed by atoms with Gasteiger partial charge in [-0.3, -0.25) is 4.79 Å². The molecule has 26 heavy (non-hydrogen) atoms. The molecule has 0 radical (unpaired) electrons. The van der Waals surface area contributed by atoms with Crippen LogP contribution >= 0.6 is 0 Å². The second-order valence-electron chi connectivity index (χ2n) is 7.51. The fourth-order valence-corrected chi connectivity index (χ4v) is 3.82. The third-order valence-corrected chi connectivity index (χ3v) is 5.41. The van der Waals surface area contributed by atoms with E-state index in [0.29, 0.717) is 5.92 Å². The minimum atomic E-state index is -0.542. The van der Waals surface area contributed by atoms with Crippen LogP contribution in [0.5, 0.6) is 0 Å². The molecule has 1 unspecified atom stereocenters. The molecule has 1 atom stereocenters. The van der Waals surface area contributed by atoms with Gasteiger partial charge in [-0.15, -0.1) is 0 Å². The van der Waals surface area contributed by atoms with Crippen molar-refractivity contribution in [3.63, 3.8) is 0 Å². The zero-order valence-corrected chi connectivity index (χ0v) is 16.3. The molecule has 2 aromatic rings. The molecule has 1 aromatic heterocycles. The van der Waals surface area contributed by atoms with Crippen molar-refractivity contribution in [2.45, 2.75) is 53.5 Å². The zero-order valence-electron chi connectivity index (χ0n) is 16.3. The molecule has 4 nitrogen and oxygen atoms in total. The predicted molar refractivity (Wildman–Crippen MR) is 104 cm³/mol. The monoisotopic (exact) mass is 353 g/mol. The van der Waals surface area contributed by atoms with Crippen LogP contribution in [0.4, 0.5) is 0 Å². The van der Waals surface area contributed by atoms with E-state index in [1.165, 1.54) is 16.7 Å². The van der Waals surface area contributed by atoms with E-state index >= 15 is 0 Å². The van der Waals surface area contributed by atoms with Crippen molar-refractivity contribution in [1.29, 1.82) is 0 Å². The molecule has 0 spiro atoms. The van der Waals surface area contributed by atoms with Gasteiger partial charge in [-0.25, -0.2) is 4.79 Å². The van der Waals surface area contributed by atoms with E-state index in [9.17, 15) is 9.59 Å². The highest BCUT2D eigenvalue weighted by Gasteiger charge is 2.26. The number of hydrogen-bond acceptors (Lipinski definition) is 3. The van der Waals surface area contributed by atoms with Gasteiger partial charge in [-0.2, -0.15) is 0 Å². The van der Waals surface area contributed by atoms with E-state index in [4.69, 9.17) is 4.74 Å². The third kappa shape index (κ3) is 3.20. The summed E-state index contributed by atoms with van der Waals surface area (Å²) in [4.78, 5) is 24.9. The fourth-order valence-electron chi connectivity index (χ4n) is 3.82. The lowest BCUT2D eigenvalue weighted by Gasteiger charge is -2.25. The van der Waals surface area contributed by atoms with Gasteiger partial charge in [-0.1, -0.05) is 19.9 Å². The van der Waals surface area contributed by atoms with Crippen molar-refractivity contribution in [2.24, 2.45) is 5.92 Å². The van der Waals surface area contributed by atoms with Gasteiger partial charge in [0.2, 0.25) is 0 Å². The summed E-state index contributed by atoms with van der Waals surface area (Å²) in [5.41, 5.74) is 5.59. The van der Waals surface area contributed by atoms with Crippen LogP contribution in [0.2, 0.25) is 0 Å². The minimum Gasteiger partial charge on any atom is -0.462 e. The maximum atomic E-state index is 12.6. The number of nitrogens with zero attached hydrogens (tertiary/aromatic N) is 1. The van der Waals surface area contributed by atoms with Crippen LogP contribution in [-0.2, 0) is 11.2 Å². The molecular formula is C22H27NO3. The molecule has 0 saturated carbocycles. The number of carbonyl (C=O) groups is 1. The highest BCUT2D eigenvalue weighted by atomic mass is 16.5. The van der Waals surface area contributed by atoms with Gasteiger partial charge >= 0.3 is 5.97 Å². The molecule has 0 N–H and O–H groups in total. The Morgan fingerprint density at radius 2 is 1.92 bits per heavy atom. The van der Waals surface area contributed by atoms with Crippen molar-refractivity contribution >= 4 is 5.97 Å². The van der Waals surface area contributed by atoms with Gasteiger partial charge in [0.05, 0.1) is 12.3 Å². The van der Waals surface area contributed by atoms with E-state index in [0.717, 1.165) is 24.1 Å². The highest BCUT2D eigenvalue weighted by molar-refractivity contribution is 5.89. The van der Waals surface area contributed by atoms with Crippen LogP contribution in [0.1, 0.15) is 60.3 Å². The number of pyridine rings is 1. The van der Waals surface area contributed by atoms with Gasteiger partial charge in [0.1, 0.15) is 5.56 Å². The van der Waals surface area contributed by atoms with E-state index < -0.39 is 5.97 Å². The summed E-state index contributed by atoms with van der Waals surface area (Å²) < 4.78 is 7.20. The molecule has 0 bridgehead atoms. The zero-order chi connectivity index (χ0) is 19.0. The summed E-state index contributed by atoms with van der Waals surface area (Å²) >= 11 is 0. The van der Waals surface area contributed by atoms with Crippen LogP contribution in [0.15, 0.2) is 29.2 Å². The van der Waals surface area contributed by atoms with Gasteiger partial charge < -0.3 is 9.30 Å². The van der Waals surface area contributed by atoms with Crippen molar-refractivity contribution in [3.05, 3.63) is 56.9 Å². The second kappa shape index (κ2) is 7.10. The smallest absolute Gasteiger partial charge is 0.343 e. The SMILES string of the molecule is CCOC(=O)c1cn2c(cc1=O)-c1cc(C)c(C)cc1CCC2C(C)C. The first kappa shape index (κ1) is 18.4. The largest absolute Gasteiger partial charge is 0.462 e. The average Bonchev–Trinajstić information content (AvgIpc) is 2.72. The molecule has 1 aliphatic heterocycles. The maximum absolute atomic E-state index is 12.6. The molecule has 3 rings (SSSR count). The summed E-state index contributed by atoms with van der Waals surface area (Å²) in [7, 11) is 0. The normalized spacial score (nSPS) is 16.0. The van der Waals surface area contributed by atoms with E-state index in [-0.39, 0.29) is 23.6 Å². The van der Waals surface area contributed by atoms with Gasteiger partial charge in [-0.05, 0) is 62.3 Å². The van der Waals surface area contributed by atoms with Gasteiger partial charge in [0, 0.05) is 23.9 Å². The van der Waals surface area contributed by atoms with Gasteiger partial charge in [0.25, 0.3) is 0 Å². The molecule has 0 fully saturated rings. The molecule has 138 valence electrons. The molecule has 0 saturated heterocycles. The van der Waals surface area contributed by atoms with Crippen molar-refractivity contribution in [2.75, 3.05) is 6.61 Å². The highest BCUT2D eigenvalue weighted by Crippen LogP contribution is 2.37. The molecule has 0 aliphatic carbocycles. The number of hydrogen-bond donors (Lipinski definition) is 0. The number of aryl methyl sites for hydroxylation is 3. The lowest BCUT2D eigenvalue weighted by Crippen LogP contribution is -2.24. The number of esters is 1. The molecule has 1 aliphatic rings. The Morgan fingerprint density at radius 3 is 2.58 bits per heavy atom. The number of carbonyl (C=O) groups excluding carboxylic acids is 1. The lowest BCUT2D eigenvalue weighted by molar-refractivity contribution is 0.0523. The van der Waals surface area contributed by atoms with E-state index in [2.05, 4.69) is 44.4 Å². The first-order valence-electron chi connectivity index (χ1n) is 9.37. The first-order valence-corrected chi connectivity index (χ1v) is 9.37. The number of ether oxygens (including phenoxy) is 1. The Morgan fingerprint density at radius 1 is 1.23 bits per heavy atom. The van der Waals surface area contributed by atoms with Crippen LogP contribution in [0.3, 0.4) is 0 Å². The Hall–Kier alpha value is -2.36. The summed E-state index contributed by atoms with van der Waals surface area (Å²) in [6, 6.07) is 6.25. The second-order valence-corrected chi connectivity index (χ2v) is 7.51. The Kier molecular flexibility index (Phi) is 5.03. The quantitative estimate of drug-likeness (QED) is 0.766. The summed E-state index contributed by atoms with van der Waals surface area (Å²) in [6.07, 6.45) is 3.65. The van der Waals surface area contributed by atoms with E-state index in [1.807, 2.05) is 0 Å². The third-order valence-electron chi connectivity index (χ3n) is 5.41. The maximum Gasteiger partial charge on any atom is 0.343 e. The molecule has 2 heterocycles. The van der Waals surface area contributed by atoms with Crippen molar-refractivity contribution < 1.29 is 9.53 Å². The predicted octanol–water partition coefficient (Wildman–Crippen LogP) is 4.45. The number of fused-ring (bicyclic) bond motifs is 3. The molecular weight excluding hydrogens is 326 g/mol. The number of benzene rings is 1. The molecule has 1 aromatic carbocycles. The Labute approximate surface area is 154 Å². The first-order chi connectivity index (χ1) is 12.3. The Bertz CT molecular complexity index is 908. The van der Waals surface area contributed by atoms with Crippen LogP contribution in [0, 0.1) is 19.8 Å². The number of aromatic nitrogens is 1. The summed E-state index contributed by atoms with van der Waals surface area (Å²) in [5, 5.41) is 0. The van der Waals surface area contributed by atoms with E-state index in [1.54, 1.807) is 19.2 Å². The molecule has 4 heteroatoms. The lowest BCUT2D eigenvalue weighted by atomic mass is 9.94. The topological polar surface area (TPSA) is 48.3 Å². The minimum absolute atomic E-state index is 0.119. The Balaban J connectivity index is 2.27. The van der Waals surface area contributed by atoms with Gasteiger partial charge in [0.15, 0.2) is 5.43 Å². The number of rotatable bonds is 3. The van der Waals surface area contributed by atoms with Crippen LogP contribution in [-0.4, -0.2) is 17.1 Å². The summed E-state index contributed by atoms with van der Waals surface area (Å²) in [6.45, 7) is 10.6. The van der Waals surface area contributed by atoms with Crippen molar-refractivity contribution in [1.82, 2.24) is 4.57 Å². The average molecular weight is 353 g/mol. The van der Waals surface area contributed by atoms with Crippen LogP contribution in [0.25, 0.3) is 11.3 Å². The standard InChI is InChI=1S/C22H27NO3/c1-6-26-22(25)18-12-23-19(13(2)3)8-7-16-9-14(4)15(5)10-17(16)20(23)11-21(18)24/h9-13,19H,6-8H2,1-5H3. The molecule has 0 amide bonds.